The van der Waals surface area contributed by atoms with Gasteiger partial charge in [-0.2, -0.15) is 0 Å². The molecule has 0 radical (unpaired) electrons. The number of benzene rings is 2. The molecular formula is C20H16FN3O3. The van der Waals surface area contributed by atoms with Crippen LogP contribution in [0.4, 0.5) is 14.9 Å². The van der Waals surface area contributed by atoms with E-state index in [2.05, 4.69) is 16.6 Å². The molecular weight excluding hydrogens is 349 g/mol. The Morgan fingerprint density at radius 3 is 2.63 bits per heavy atom. The summed E-state index contributed by atoms with van der Waals surface area (Å²) in [5, 5.41) is 5.16. The third-order valence-electron chi connectivity index (χ3n) is 4.31. The highest BCUT2D eigenvalue weighted by atomic mass is 19.1. The largest absolute Gasteiger partial charge is 0.325 e. The molecule has 27 heavy (non-hydrogen) atoms. The van der Waals surface area contributed by atoms with Crippen molar-refractivity contribution in [2.24, 2.45) is 0 Å². The van der Waals surface area contributed by atoms with Crippen LogP contribution in [0.1, 0.15) is 18.1 Å². The van der Waals surface area contributed by atoms with Crippen LogP contribution >= 0.6 is 0 Å². The zero-order valence-corrected chi connectivity index (χ0v) is 14.5. The SMILES string of the molecule is C#Cc1cccc(NC(=O)CN2C(=O)NC(C)(c3ccc(F)cc3)C2=O)c1. The van der Waals surface area contributed by atoms with Gasteiger partial charge in [0.1, 0.15) is 17.9 Å². The number of rotatable bonds is 4. The lowest BCUT2D eigenvalue weighted by molar-refractivity contribution is -0.133. The van der Waals surface area contributed by atoms with Crippen LogP contribution in [0.3, 0.4) is 0 Å². The van der Waals surface area contributed by atoms with Gasteiger partial charge in [-0.05, 0) is 42.8 Å². The molecule has 1 unspecified atom stereocenters. The van der Waals surface area contributed by atoms with Gasteiger partial charge in [0, 0.05) is 11.3 Å². The molecule has 2 aromatic carbocycles. The summed E-state index contributed by atoms with van der Waals surface area (Å²) in [5.74, 6) is 0.864. The maximum Gasteiger partial charge on any atom is 0.325 e. The maximum absolute atomic E-state index is 13.1. The minimum absolute atomic E-state index is 0.423. The molecule has 4 amide bonds. The van der Waals surface area contributed by atoms with Crippen LogP contribution in [-0.2, 0) is 15.1 Å². The average molecular weight is 365 g/mol. The highest BCUT2D eigenvalue weighted by Crippen LogP contribution is 2.28. The summed E-state index contributed by atoms with van der Waals surface area (Å²) in [6.07, 6.45) is 5.32. The first-order valence-electron chi connectivity index (χ1n) is 8.10. The molecule has 1 aliphatic heterocycles. The summed E-state index contributed by atoms with van der Waals surface area (Å²) < 4.78 is 13.1. The van der Waals surface area contributed by atoms with E-state index in [1.165, 1.54) is 31.2 Å². The number of anilines is 1. The van der Waals surface area contributed by atoms with Crippen molar-refractivity contribution in [2.75, 3.05) is 11.9 Å². The molecule has 0 bridgehead atoms. The van der Waals surface area contributed by atoms with Crippen molar-refractivity contribution in [3.63, 3.8) is 0 Å². The molecule has 7 heteroatoms. The normalized spacial score (nSPS) is 18.8. The maximum atomic E-state index is 13.1. The second kappa shape index (κ2) is 6.92. The van der Waals surface area contributed by atoms with Crippen molar-refractivity contribution in [3.8, 4) is 12.3 Å². The third-order valence-corrected chi connectivity index (χ3v) is 4.31. The molecule has 0 saturated carbocycles. The number of urea groups is 1. The zero-order valence-electron chi connectivity index (χ0n) is 14.5. The van der Waals surface area contributed by atoms with Crippen molar-refractivity contribution < 1.29 is 18.8 Å². The second-order valence-corrected chi connectivity index (χ2v) is 6.23. The predicted molar refractivity (Wildman–Crippen MR) is 97.0 cm³/mol. The predicted octanol–water partition coefficient (Wildman–Crippen LogP) is 2.21. The second-order valence-electron chi connectivity index (χ2n) is 6.23. The fourth-order valence-corrected chi connectivity index (χ4v) is 2.85. The molecule has 1 atom stereocenters. The Morgan fingerprint density at radius 1 is 1.26 bits per heavy atom. The summed E-state index contributed by atoms with van der Waals surface area (Å²) >= 11 is 0. The van der Waals surface area contributed by atoms with Gasteiger partial charge in [0.2, 0.25) is 5.91 Å². The number of halogens is 1. The Bertz CT molecular complexity index is 965. The molecule has 3 rings (SSSR count). The highest BCUT2D eigenvalue weighted by Gasteiger charge is 2.49. The molecule has 0 aromatic heterocycles. The van der Waals surface area contributed by atoms with Crippen molar-refractivity contribution in [1.82, 2.24) is 10.2 Å². The minimum atomic E-state index is -1.37. The standard InChI is InChI=1S/C20H16FN3O3/c1-3-13-5-4-6-16(11-13)22-17(25)12-24-18(26)20(2,23-19(24)27)14-7-9-15(21)10-8-14/h1,4-11H,12H2,2H3,(H,22,25)(H,23,27). The molecule has 1 aliphatic rings. The van der Waals surface area contributed by atoms with Gasteiger partial charge in [0.25, 0.3) is 5.91 Å². The highest BCUT2D eigenvalue weighted by molar-refractivity contribution is 6.10. The number of amides is 4. The summed E-state index contributed by atoms with van der Waals surface area (Å²) in [6, 6.07) is 11.2. The van der Waals surface area contributed by atoms with Crippen molar-refractivity contribution in [1.29, 1.82) is 0 Å². The van der Waals surface area contributed by atoms with Gasteiger partial charge in [-0.15, -0.1) is 6.42 Å². The molecule has 1 saturated heterocycles. The molecule has 2 aromatic rings. The number of imide groups is 1. The Balaban J connectivity index is 1.74. The van der Waals surface area contributed by atoms with E-state index in [4.69, 9.17) is 6.42 Å². The fourth-order valence-electron chi connectivity index (χ4n) is 2.85. The number of hydrogen-bond acceptors (Lipinski definition) is 3. The van der Waals surface area contributed by atoms with Crippen LogP contribution in [-0.4, -0.2) is 29.3 Å². The Morgan fingerprint density at radius 2 is 1.96 bits per heavy atom. The topological polar surface area (TPSA) is 78.5 Å². The first-order chi connectivity index (χ1) is 12.8. The Hall–Kier alpha value is -3.66. The smallest absolute Gasteiger partial charge is 0.324 e. The minimum Gasteiger partial charge on any atom is -0.324 e. The molecule has 1 fully saturated rings. The Labute approximate surface area is 155 Å². The first-order valence-corrected chi connectivity index (χ1v) is 8.10. The zero-order chi connectivity index (χ0) is 19.6. The van der Waals surface area contributed by atoms with E-state index in [9.17, 15) is 18.8 Å². The van der Waals surface area contributed by atoms with Crippen LogP contribution in [0.5, 0.6) is 0 Å². The summed E-state index contributed by atoms with van der Waals surface area (Å²) in [5.41, 5.74) is 0.108. The van der Waals surface area contributed by atoms with E-state index in [1.54, 1.807) is 24.3 Å². The van der Waals surface area contributed by atoms with Crippen LogP contribution in [0.25, 0.3) is 0 Å². The van der Waals surface area contributed by atoms with E-state index in [1.807, 2.05) is 0 Å². The molecule has 1 heterocycles. The summed E-state index contributed by atoms with van der Waals surface area (Å²) in [7, 11) is 0. The van der Waals surface area contributed by atoms with Crippen molar-refractivity contribution in [2.45, 2.75) is 12.5 Å². The quantitative estimate of drug-likeness (QED) is 0.644. The lowest BCUT2D eigenvalue weighted by Crippen LogP contribution is -2.42. The van der Waals surface area contributed by atoms with Gasteiger partial charge in [0.15, 0.2) is 0 Å². The molecule has 0 aliphatic carbocycles. The average Bonchev–Trinajstić information content (AvgIpc) is 2.86. The van der Waals surface area contributed by atoms with Crippen LogP contribution in [0, 0.1) is 18.2 Å². The Kier molecular flexibility index (Phi) is 4.65. The number of nitrogens with one attached hydrogen (secondary N) is 2. The molecule has 6 nitrogen and oxygen atoms in total. The number of carbonyl (C=O) groups is 3. The van der Waals surface area contributed by atoms with Gasteiger partial charge in [-0.3, -0.25) is 14.5 Å². The lowest BCUT2D eigenvalue weighted by Gasteiger charge is -2.22. The fraction of sp³-hybridized carbons (Fsp3) is 0.150. The third kappa shape index (κ3) is 3.51. The van der Waals surface area contributed by atoms with Crippen molar-refractivity contribution >= 4 is 23.5 Å². The number of terminal acetylenes is 1. The van der Waals surface area contributed by atoms with Gasteiger partial charge in [-0.1, -0.05) is 24.1 Å². The van der Waals surface area contributed by atoms with Crippen LogP contribution in [0.15, 0.2) is 48.5 Å². The van der Waals surface area contributed by atoms with E-state index in [0.29, 0.717) is 16.8 Å². The number of hydrogen-bond donors (Lipinski definition) is 2. The van der Waals surface area contributed by atoms with E-state index in [0.717, 1.165) is 4.90 Å². The molecule has 0 spiro atoms. The van der Waals surface area contributed by atoms with E-state index in [-0.39, 0.29) is 0 Å². The summed E-state index contributed by atoms with van der Waals surface area (Å²) in [6.45, 7) is 1.05. The van der Waals surface area contributed by atoms with Gasteiger partial charge < -0.3 is 10.6 Å². The van der Waals surface area contributed by atoms with Gasteiger partial charge >= 0.3 is 6.03 Å². The van der Waals surface area contributed by atoms with Gasteiger partial charge in [-0.25, -0.2) is 9.18 Å². The first kappa shape index (κ1) is 18.1. The molecule has 136 valence electrons. The lowest BCUT2D eigenvalue weighted by atomic mass is 9.92. The van der Waals surface area contributed by atoms with E-state index >= 15 is 0 Å². The van der Waals surface area contributed by atoms with E-state index < -0.39 is 35.7 Å². The van der Waals surface area contributed by atoms with Crippen LogP contribution in [0.2, 0.25) is 0 Å². The molecule has 2 N–H and O–H groups in total. The number of nitrogens with zero attached hydrogens (tertiary/aromatic N) is 1. The van der Waals surface area contributed by atoms with Crippen molar-refractivity contribution in [3.05, 3.63) is 65.5 Å². The summed E-state index contributed by atoms with van der Waals surface area (Å²) in [4.78, 5) is 38.1. The van der Waals surface area contributed by atoms with Gasteiger partial charge in [0.05, 0.1) is 0 Å². The monoisotopic (exact) mass is 365 g/mol. The van der Waals surface area contributed by atoms with Crippen LogP contribution < -0.4 is 10.6 Å². The number of carbonyl (C=O) groups excluding carboxylic acids is 3.